The second-order valence-corrected chi connectivity index (χ2v) is 6.76. The summed E-state index contributed by atoms with van der Waals surface area (Å²) in [6.07, 6.45) is 5.01. The summed E-state index contributed by atoms with van der Waals surface area (Å²) >= 11 is 1.58. The fourth-order valence-corrected chi connectivity index (χ4v) is 4.09. The van der Waals surface area contributed by atoms with Crippen LogP contribution >= 0.6 is 11.8 Å². The first-order valence-electron chi connectivity index (χ1n) is 6.99. The molecule has 1 aliphatic carbocycles. The Morgan fingerprint density at radius 2 is 2.00 bits per heavy atom. The van der Waals surface area contributed by atoms with E-state index < -0.39 is 11.6 Å². The number of nitrogens with one attached hydrogen (secondary N) is 1. The molecule has 1 aromatic rings. The van der Waals surface area contributed by atoms with Gasteiger partial charge in [0.1, 0.15) is 11.5 Å². The van der Waals surface area contributed by atoms with Gasteiger partial charge in [0.25, 0.3) is 0 Å². The number of rotatable bonds is 1. The molecule has 1 aromatic carbocycles. The average Bonchev–Trinajstić information content (AvgIpc) is 2.90. The van der Waals surface area contributed by atoms with Crippen molar-refractivity contribution < 1.29 is 8.78 Å². The summed E-state index contributed by atoms with van der Waals surface area (Å²) in [5, 5.41) is 3.46. The highest BCUT2D eigenvalue weighted by Crippen LogP contribution is 2.43. The van der Waals surface area contributed by atoms with Gasteiger partial charge in [0, 0.05) is 12.3 Å². The zero-order valence-electron chi connectivity index (χ0n) is 11.5. The van der Waals surface area contributed by atoms with Crippen LogP contribution < -0.4 is 5.32 Å². The summed E-state index contributed by atoms with van der Waals surface area (Å²) in [6, 6.07) is 2.73. The minimum absolute atomic E-state index is 0.0846. The molecule has 1 fully saturated rings. The van der Waals surface area contributed by atoms with E-state index in [9.17, 15) is 8.78 Å². The predicted molar refractivity (Wildman–Crippen MR) is 80.4 cm³/mol. The number of benzene rings is 1. The molecular weight excluding hydrogens is 278 g/mol. The zero-order valence-corrected chi connectivity index (χ0v) is 12.3. The van der Waals surface area contributed by atoms with Gasteiger partial charge >= 0.3 is 0 Å². The van der Waals surface area contributed by atoms with Crippen LogP contribution in [0.25, 0.3) is 0 Å². The van der Waals surface area contributed by atoms with E-state index in [1.165, 1.54) is 37.8 Å². The number of aliphatic imine (C=N–C) groups is 1. The van der Waals surface area contributed by atoms with E-state index in [4.69, 9.17) is 0 Å². The molecule has 0 unspecified atom stereocenters. The topological polar surface area (TPSA) is 24.4 Å². The predicted octanol–water partition coefficient (Wildman–Crippen LogP) is 4.35. The second-order valence-electron chi connectivity index (χ2n) is 5.80. The van der Waals surface area contributed by atoms with Gasteiger partial charge in [-0.15, -0.1) is 0 Å². The molecule has 1 saturated carbocycles. The molecular formula is C15H18F2N2S. The molecule has 1 N–H and O–H groups in total. The van der Waals surface area contributed by atoms with Crippen molar-refractivity contribution in [2.24, 2.45) is 10.4 Å². The Bertz CT molecular complexity index is 551. The summed E-state index contributed by atoms with van der Waals surface area (Å²) in [5.41, 5.74) is 0.681. The van der Waals surface area contributed by atoms with Crippen molar-refractivity contribution in [1.29, 1.82) is 0 Å². The highest BCUT2D eigenvalue weighted by atomic mass is 32.2. The Morgan fingerprint density at radius 1 is 1.25 bits per heavy atom. The van der Waals surface area contributed by atoms with Gasteiger partial charge in [0.2, 0.25) is 0 Å². The van der Waals surface area contributed by atoms with Gasteiger partial charge in [-0.3, -0.25) is 4.99 Å². The van der Waals surface area contributed by atoms with Crippen LogP contribution in [0.3, 0.4) is 0 Å². The first-order valence-corrected chi connectivity index (χ1v) is 7.97. The largest absolute Gasteiger partial charge is 0.330 e. The standard InChI is InChI=1S/C15H18F2N2S/c1-10-4-5-11(16)13(12(10)17)19-14-18-8-15(9-20-14)6-2-3-7-15/h4-5H,2-3,6-9H2,1H3,(H,18,19). The van der Waals surface area contributed by atoms with Crippen molar-refractivity contribution in [3.63, 3.8) is 0 Å². The van der Waals surface area contributed by atoms with Crippen LogP contribution in [0.15, 0.2) is 17.1 Å². The van der Waals surface area contributed by atoms with Crippen molar-refractivity contribution >= 4 is 22.6 Å². The van der Waals surface area contributed by atoms with E-state index in [1.807, 2.05) is 0 Å². The smallest absolute Gasteiger partial charge is 0.161 e. The van der Waals surface area contributed by atoms with E-state index in [1.54, 1.807) is 18.7 Å². The van der Waals surface area contributed by atoms with Crippen molar-refractivity contribution in [3.05, 3.63) is 29.3 Å². The van der Waals surface area contributed by atoms with Crippen LogP contribution in [0.5, 0.6) is 0 Å². The first-order chi connectivity index (χ1) is 9.60. The molecule has 1 aliphatic heterocycles. The quantitative estimate of drug-likeness (QED) is 0.833. The zero-order chi connectivity index (χ0) is 14.2. The van der Waals surface area contributed by atoms with E-state index in [0.29, 0.717) is 16.1 Å². The lowest BCUT2D eigenvalue weighted by Gasteiger charge is -2.31. The fraction of sp³-hybridized carbons (Fsp3) is 0.533. The summed E-state index contributed by atoms with van der Waals surface area (Å²) in [5.74, 6) is -0.111. The molecule has 0 aromatic heterocycles. The third-order valence-electron chi connectivity index (χ3n) is 4.25. The monoisotopic (exact) mass is 296 g/mol. The second kappa shape index (κ2) is 5.35. The number of anilines is 1. The lowest BCUT2D eigenvalue weighted by atomic mass is 9.89. The minimum atomic E-state index is -0.572. The van der Waals surface area contributed by atoms with Crippen LogP contribution in [-0.2, 0) is 0 Å². The Labute approximate surface area is 122 Å². The normalized spacial score (nSPS) is 21.1. The Hall–Kier alpha value is -1.10. The maximum atomic E-state index is 13.9. The highest BCUT2D eigenvalue weighted by Gasteiger charge is 2.36. The summed E-state index contributed by atoms with van der Waals surface area (Å²) in [7, 11) is 0. The Morgan fingerprint density at radius 3 is 2.65 bits per heavy atom. The Kier molecular flexibility index (Phi) is 3.71. The molecule has 2 nitrogen and oxygen atoms in total. The first kappa shape index (κ1) is 13.9. The molecule has 20 heavy (non-hydrogen) atoms. The molecule has 0 radical (unpaired) electrons. The molecule has 0 saturated heterocycles. The number of halogens is 2. The van der Waals surface area contributed by atoms with Gasteiger partial charge in [-0.05, 0) is 36.8 Å². The van der Waals surface area contributed by atoms with Crippen molar-refractivity contribution in [3.8, 4) is 0 Å². The molecule has 1 heterocycles. The van der Waals surface area contributed by atoms with Crippen LogP contribution in [0.1, 0.15) is 31.2 Å². The Balaban J connectivity index is 1.76. The molecule has 0 bridgehead atoms. The highest BCUT2D eigenvalue weighted by molar-refractivity contribution is 8.14. The molecule has 108 valence electrons. The lowest BCUT2D eigenvalue weighted by Crippen LogP contribution is -2.30. The summed E-state index contributed by atoms with van der Waals surface area (Å²) in [6.45, 7) is 2.40. The fourth-order valence-electron chi connectivity index (χ4n) is 2.93. The van der Waals surface area contributed by atoms with Crippen LogP contribution in [0.2, 0.25) is 0 Å². The van der Waals surface area contributed by atoms with Gasteiger partial charge < -0.3 is 5.32 Å². The molecule has 0 atom stereocenters. The van der Waals surface area contributed by atoms with E-state index in [2.05, 4.69) is 10.3 Å². The molecule has 5 heteroatoms. The lowest BCUT2D eigenvalue weighted by molar-refractivity contribution is 0.359. The number of aryl methyl sites for hydroxylation is 1. The van der Waals surface area contributed by atoms with Crippen molar-refractivity contribution in [2.75, 3.05) is 17.6 Å². The van der Waals surface area contributed by atoms with Crippen molar-refractivity contribution in [1.82, 2.24) is 0 Å². The van der Waals surface area contributed by atoms with Gasteiger partial charge in [0.05, 0.1) is 0 Å². The SMILES string of the molecule is Cc1ccc(F)c(NC2=NCC3(CCCC3)CS2)c1F. The molecule has 0 amide bonds. The van der Waals surface area contributed by atoms with E-state index in [-0.39, 0.29) is 5.69 Å². The third-order valence-corrected chi connectivity index (χ3v) is 5.51. The number of nitrogens with zero attached hydrogens (tertiary/aromatic N) is 1. The van der Waals surface area contributed by atoms with Gasteiger partial charge in [-0.1, -0.05) is 30.7 Å². The maximum Gasteiger partial charge on any atom is 0.161 e. The summed E-state index contributed by atoms with van der Waals surface area (Å²) < 4.78 is 27.7. The molecule has 3 rings (SSSR count). The molecule has 1 spiro atoms. The van der Waals surface area contributed by atoms with E-state index in [0.717, 1.165) is 12.3 Å². The molecule has 2 aliphatic rings. The number of amidine groups is 1. The van der Waals surface area contributed by atoms with Gasteiger partial charge in [0.15, 0.2) is 11.0 Å². The third kappa shape index (κ3) is 2.55. The van der Waals surface area contributed by atoms with Crippen molar-refractivity contribution in [2.45, 2.75) is 32.6 Å². The average molecular weight is 296 g/mol. The number of hydrogen-bond acceptors (Lipinski definition) is 3. The number of hydrogen-bond donors (Lipinski definition) is 1. The maximum absolute atomic E-state index is 13.9. The van der Waals surface area contributed by atoms with Crippen LogP contribution in [0, 0.1) is 24.0 Å². The van der Waals surface area contributed by atoms with Gasteiger partial charge in [-0.2, -0.15) is 0 Å². The van der Waals surface area contributed by atoms with Crippen LogP contribution in [-0.4, -0.2) is 17.5 Å². The van der Waals surface area contributed by atoms with E-state index >= 15 is 0 Å². The number of thioether (sulfide) groups is 1. The van der Waals surface area contributed by atoms with Gasteiger partial charge in [-0.25, -0.2) is 8.78 Å². The van der Waals surface area contributed by atoms with Crippen LogP contribution in [0.4, 0.5) is 14.5 Å². The minimum Gasteiger partial charge on any atom is -0.330 e. The summed E-state index contributed by atoms with van der Waals surface area (Å²) in [4.78, 5) is 4.51.